The summed E-state index contributed by atoms with van der Waals surface area (Å²) < 4.78 is 1.12. The van der Waals surface area contributed by atoms with Crippen LogP contribution in [-0.4, -0.2) is 5.78 Å². The molecular weight excluding hydrogens is 228 g/mol. The number of hydrogen-bond acceptors (Lipinski definition) is 1. The summed E-state index contributed by atoms with van der Waals surface area (Å²) in [7, 11) is 0. The van der Waals surface area contributed by atoms with Gasteiger partial charge in [-0.05, 0) is 12.3 Å². The van der Waals surface area contributed by atoms with Crippen LogP contribution in [0.3, 0.4) is 0 Å². The number of carbonyl (C=O) groups is 1. The van der Waals surface area contributed by atoms with Gasteiger partial charge in [0.05, 0.1) is 0 Å². The lowest BCUT2D eigenvalue weighted by atomic mass is 9.91. The van der Waals surface area contributed by atoms with Crippen molar-refractivity contribution in [2.75, 3.05) is 0 Å². The van der Waals surface area contributed by atoms with Gasteiger partial charge >= 0.3 is 0 Å². The van der Waals surface area contributed by atoms with Crippen molar-refractivity contribution in [2.24, 2.45) is 11.8 Å². The molecule has 1 saturated carbocycles. The molecule has 2 atom stereocenters. The van der Waals surface area contributed by atoms with E-state index in [-0.39, 0.29) is 5.92 Å². The van der Waals surface area contributed by atoms with E-state index in [9.17, 15) is 4.79 Å². The van der Waals surface area contributed by atoms with Gasteiger partial charge in [0.25, 0.3) is 0 Å². The number of fused-ring (bicyclic) bond motifs is 1. The van der Waals surface area contributed by atoms with Crippen LogP contribution in [0.5, 0.6) is 0 Å². The Morgan fingerprint density at radius 1 is 1.46 bits per heavy atom. The number of hydrogen-bond donors (Lipinski definition) is 0. The second-order valence-electron chi connectivity index (χ2n) is 3.11. The average Bonchev–Trinajstić information content (AvgIpc) is 2.51. The third kappa shape index (κ3) is 2.31. The zero-order valence-corrected chi connectivity index (χ0v) is 9.67. The fraction of sp³-hybridized carbons (Fsp3) is 0.545. The van der Waals surface area contributed by atoms with Crippen molar-refractivity contribution in [3.8, 4) is 0 Å². The molecule has 0 heterocycles. The maximum Gasteiger partial charge on any atom is 0.140 e. The molecule has 0 amide bonds. The number of allylic oxidation sites excluding steroid dienone is 4. The van der Waals surface area contributed by atoms with E-state index in [0.717, 1.165) is 17.3 Å². The first-order valence-electron chi connectivity index (χ1n) is 4.85. The lowest BCUT2D eigenvalue weighted by molar-refractivity contribution is -0.119. The number of Topliss-reactive ketones (excluding diaryl/α,β-unsaturated/α-hetero) is 1. The molecule has 0 spiro atoms. The van der Waals surface area contributed by atoms with Crippen molar-refractivity contribution in [3.63, 3.8) is 0 Å². The van der Waals surface area contributed by atoms with Gasteiger partial charge in [-0.3, -0.25) is 4.79 Å². The van der Waals surface area contributed by atoms with E-state index in [1.807, 2.05) is 26.0 Å². The minimum absolute atomic E-state index is 0.191. The summed E-state index contributed by atoms with van der Waals surface area (Å²) in [6, 6.07) is 0. The highest BCUT2D eigenvalue weighted by Crippen LogP contribution is 2.35. The molecule has 0 aromatic heterocycles. The number of carbonyl (C=O) groups excluding carboxylic acids is 1. The molecule has 0 aromatic rings. The van der Waals surface area contributed by atoms with Crippen molar-refractivity contribution in [1.82, 2.24) is 0 Å². The zero-order chi connectivity index (χ0) is 9.84. The fourth-order valence-electron chi connectivity index (χ4n) is 1.79. The first-order valence-corrected chi connectivity index (χ1v) is 5.65. The first-order chi connectivity index (χ1) is 6.27. The summed E-state index contributed by atoms with van der Waals surface area (Å²) >= 11 is 3.41. The van der Waals surface area contributed by atoms with Gasteiger partial charge in [0.1, 0.15) is 5.78 Å². The topological polar surface area (TPSA) is 17.1 Å². The highest BCUT2D eigenvalue weighted by Gasteiger charge is 2.32. The summed E-state index contributed by atoms with van der Waals surface area (Å²) in [5.74, 6) is 1.07. The summed E-state index contributed by atoms with van der Waals surface area (Å²) in [4.78, 5) is 11.2. The summed E-state index contributed by atoms with van der Waals surface area (Å²) in [6.07, 6.45) is 7.93. The number of rotatable bonds is 0. The molecule has 0 bridgehead atoms. The lowest BCUT2D eigenvalue weighted by Crippen LogP contribution is -2.12. The van der Waals surface area contributed by atoms with Gasteiger partial charge in [0.2, 0.25) is 0 Å². The molecule has 1 nitrogen and oxygen atoms in total. The van der Waals surface area contributed by atoms with Crippen LogP contribution in [-0.2, 0) is 4.79 Å². The van der Waals surface area contributed by atoms with Gasteiger partial charge in [-0.15, -0.1) is 0 Å². The van der Waals surface area contributed by atoms with E-state index in [0.29, 0.717) is 11.7 Å². The number of ketones is 1. The van der Waals surface area contributed by atoms with E-state index in [1.54, 1.807) is 0 Å². The van der Waals surface area contributed by atoms with Crippen LogP contribution < -0.4 is 0 Å². The lowest BCUT2D eigenvalue weighted by Gasteiger charge is -2.14. The molecule has 1 fully saturated rings. The van der Waals surface area contributed by atoms with Crippen LogP contribution in [0.15, 0.2) is 22.7 Å². The molecule has 0 radical (unpaired) electrons. The monoisotopic (exact) mass is 242 g/mol. The Balaban J connectivity index is 0.000000396. The minimum atomic E-state index is 0.191. The summed E-state index contributed by atoms with van der Waals surface area (Å²) in [6.45, 7) is 4.00. The molecule has 2 rings (SSSR count). The maximum atomic E-state index is 11.2. The standard InChI is InChI=1S/C9H9BrO.C2H6/c10-7-2-3-8-6(5-7)1-4-9(8)11;1-2/h2-3,5-6,8H,1,4H2;1-2H3. The van der Waals surface area contributed by atoms with Crippen molar-refractivity contribution in [2.45, 2.75) is 26.7 Å². The van der Waals surface area contributed by atoms with E-state index in [1.165, 1.54) is 0 Å². The molecular formula is C11H15BrO. The smallest absolute Gasteiger partial charge is 0.140 e. The van der Waals surface area contributed by atoms with Crippen molar-refractivity contribution in [1.29, 1.82) is 0 Å². The maximum absolute atomic E-state index is 11.2. The molecule has 0 aliphatic heterocycles. The Kier molecular flexibility index (Phi) is 3.91. The van der Waals surface area contributed by atoms with E-state index in [2.05, 4.69) is 22.0 Å². The highest BCUT2D eigenvalue weighted by atomic mass is 79.9. The first kappa shape index (κ1) is 10.7. The Morgan fingerprint density at radius 2 is 2.15 bits per heavy atom. The number of halogens is 1. The molecule has 0 saturated heterocycles. The fourth-order valence-corrected chi connectivity index (χ4v) is 2.28. The Bertz CT molecular complexity index is 253. The quantitative estimate of drug-likeness (QED) is 0.636. The molecule has 2 unspecified atom stereocenters. The SMILES string of the molecule is CC.O=C1CCC2C=C(Br)C=CC12. The third-order valence-electron chi connectivity index (χ3n) is 2.39. The van der Waals surface area contributed by atoms with E-state index in [4.69, 9.17) is 0 Å². The minimum Gasteiger partial charge on any atom is -0.299 e. The van der Waals surface area contributed by atoms with E-state index < -0.39 is 0 Å². The van der Waals surface area contributed by atoms with Gasteiger partial charge in [-0.25, -0.2) is 0 Å². The van der Waals surface area contributed by atoms with Crippen LogP contribution >= 0.6 is 15.9 Å². The summed E-state index contributed by atoms with van der Waals surface area (Å²) in [5, 5.41) is 0. The van der Waals surface area contributed by atoms with Crippen molar-refractivity contribution < 1.29 is 4.79 Å². The highest BCUT2D eigenvalue weighted by molar-refractivity contribution is 9.11. The molecule has 2 aliphatic carbocycles. The third-order valence-corrected chi connectivity index (χ3v) is 2.92. The van der Waals surface area contributed by atoms with Crippen molar-refractivity contribution >= 4 is 21.7 Å². The predicted molar refractivity (Wildman–Crippen MR) is 58.7 cm³/mol. The largest absolute Gasteiger partial charge is 0.299 e. The van der Waals surface area contributed by atoms with Crippen LogP contribution in [0.4, 0.5) is 0 Å². The summed E-state index contributed by atoms with van der Waals surface area (Å²) in [5.41, 5.74) is 0. The normalized spacial score (nSPS) is 30.4. The molecule has 0 N–H and O–H groups in total. The average molecular weight is 243 g/mol. The van der Waals surface area contributed by atoms with Gasteiger partial charge in [-0.1, -0.05) is 48.0 Å². The van der Waals surface area contributed by atoms with Gasteiger partial charge in [0, 0.05) is 16.8 Å². The van der Waals surface area contributed by atoms with Gasteiger partial charge in [-0.2, -0.15) is 0 Å². The Hall–Kier alpha value is -0.370. The predicted octanol–water partition coefficient (Wildman–Crippen LogP) is 3.46. The van der Waals surface area contributed by atoms with Crippen LogP contribution in [0.2, 0.25) is 0 Å². The molecule has 2 aliphatic rings. The van der Waals surface area contributed by atoms with Crippen LogP contribution in [0, 0.1) is 11.8 Å². The van der Waals surface area contributed by atoms with Crippen LogP contribution in [0.1, 0.15) is 26.7 Å². The zero-order valence-electron chi connectivity index (χ0n) is 8.09. The molecule has 72 valence electrons. The van der Waals surface area contributed by atoms with Crippen molar-refractivity contribution in [3.05, 3.63) is 22.7 Å². The van der Waals surface area contributed by atoms with E-state index >= 15 is 0 Å². The second-order valence-corrected chi connectivity index (χ2v) is 4.02. The molecule has 0 aromatic carbocycles. The molecule has 2 heteroatoms. The van der Waals surface area contributed by atoms with Gasteiger partial charge in [0.15, 0.2) is 0 Å². The Morgan fingerprint density at radius 3 is 2.85 bits per heavy atom. The van der Waals surface area contributed by atoms with Crippen LogP contribution in [0.25, 0.3) is 0 Å². The second kappa shape index (κ2) is 4.75. The molecule has 13 heavy (non-hydrogen) atoms. The van der Waals surface area contributed by atoms with Gasteiger partial charge < -0.3 is 0 Å². The Labute approximate surface area is 88.0 Å².